The summed E-state index contributed by atoms with van der Waals surface area (Å²) in [5, 5.41) is 11.0. The molecule has 8 heteroatoms. The van der Waals surface area contributed by atoms with Crippen molar-refractivity contribution < 1.29 is 19.5 Å². The van der Waals surface area contributed by atoms with Gasteiger partial charge in [0.1, 0.15) is 11.6 Å². The van der Waals surface area contributed by atoms with Crippen molar-refractivity contribution in [1.82, 2.24) is 10.6 Å². The summed E-state index contributed by atoms with van der Waals surface area (Å²) in [6, 6.07) is 13.1. The lowest BCUT2D eigenvalue weighted by molar-refractivity contribution is -0.0487. The number of nitrogens with two attached hydrogens (primary N) is 1. The Bertz CT molecular complexity index is 1020. The Kier molecular flexibility index (Phi) is 9.00. The van der Waals surface area contributed by atoms with Gasteiger partial charge < -0.3 is 20.4 Å². The van der Waals surface area contributed by atoms with E-state index in [1.54, 1.807) is 13.0 Å². The van der Waals surface area contributed by atoms with Gasteiger partial charge in [0.15, 0.2) is 0 Å². The summed E-state index contributed by atoms with van der Waals surface area (Å²) in [6.07, 6.45) is 3.86. The molecule has 176 valence electrons. The van der Waals surface area contributed by atoms with Crippen molar-refractivity contribution in [2.24, 2.45) is 10.7 Å². The van der Waals surface area contributed by atoms with Crippen LogP contribution in [0.4, 0.5) is 5.69 Å². The SMILES string of the molecule is CCCN(CCCO)NOC1=Cc2ccc(-c3ccccc3C(=O)OCC)cc2N=C(N)C1. The molecule has 0 saturated carbocycles. The first kappa shape index (κ1) is 24.4. The number of benzene rings is 2. The molecule has 0 bridgehead atoms. The molecule has 0 saturated heterocycles. The number of rotatable bonds is 11. The maximum Gasteiger partial charge on any atom is 0.338 e. The fourth-order valence-electron chi connectivity index (χ4n) is 3.57. The van der Waals surface area contributed by atoms with Crippen LogP contribution in [0.15, 0.2) is 53.2 Å². The number of hydrazine groups is 1. The number of aliphatic hydroxyl groups is 1. The first-order chi connectivity index (χ1) is 16.0. The highest BCUT2D eigenvalue weighted by atomic mass is 16.7. The zero-order valence-electron chi connectivity index (χ0n) is 19.2. The Hall–Kier alpha value is -3.20. The van der Waals surface area contributed by atoms with Crippen LogP contribution in [0.2, 0.25) is 0 Å². The second-order valence-corrected chi connectivity index (χ2v) is 7.69. The van der Waals surface area contributed by atoms with Gasteiger partial charge in [0, 0.05) is 25.3 Å². The molecule has 2 aromatic rings. The number of carbonyl (C=O) groups excluding carboxylic acids is 1. The predicted octanol–water partition coefficient (Wildman–Crippen LogP) is 3.79. The quantitative estimate of drug-likeness (QED) is 0.351. The number of hydrogen-bond donors (Lipinski definition) is 3. The maximum absolute atomic E-state index is 12.4. The van der Waals surface area contributed by atoms with E-state index >= 15 is 0 Å². The van der Waals surface area contributed by atoms with Gasteiger partial charge in [0.25, 0.3) is 0 Å². The Morgan fingerprint density at radius 1 is 1.21 bits per heavy atom. The zero-order valence-corrected chi connectivity index (χ0v) is 19.2. The molecule has 0 fully saturated rings. The number of nitrogens with zero attached hydrogens (tertiary/aromatic N) is 2. The molecule has 8 nitrogen and oxygen atoms in total. The van der Waals surface area contributed by atoms with E-state index in [2.05, 4.69) is 17.5 Å². The van der Waals surface area contributed by atoms with Gasteiger partial charge in [0.2, 0.25) is 0 Å². The van der Waals surface area contributed by atoms with Gasteiger partial charge in [0.05, 0.1) is 24.3 Å². The molecule has 1 aliphatic heterocycles. The smallest absolute Gasteiger partial charge is 0.338 e. The van der Waals surface area contributed by atoms with Crippen LogP contribution in [-0.4, -0.2) is 48.2 Å². The van der Waals surface area contributed by atoms with Crippen LogP contribution in [0.25, 0.3) is 17.2 Å². The van der Waals surface area contributed by atoms with E-state index in [1.165, 1.54) is 0 Å². The second kappa shape index (κ2) is 12.2. The summed E-state index contributed by atoms with van der Waals surface area (Å²) in [5.74, 6) is 0.709. The predicted molar refractivity (Wildman–Crippen MR) is 129 cm³/mol. The Morgan fingerprint density at radius 3 is 2.79 bits per heavy atom. The number of fused-ring (bicyclic) bond motifs is 1. The molecule has 0 unspecified atom stereocenters. The Morgan fingerprint density at radius 2 is 2.03 bits per heavy atom. The molecule has 0 aromatic heterocycles. The molecule has 0 aliphatic carbocycles. The molecule has 0 amide bonds. The van der Waals surface area contributed by atoms with Gasteiger partial charge in [-0.25, -0.2) is 14.8 Å². The third-order valence-electron chi connectivity index (χ3n) is 5.09. The normalized spacial score (nSPS) is 13.1. The maximum atomic E-state index is 12.4. The van der Waals surface area contributed by atoms with E-state index in [9.17, 15) is 4.79 Å². The van der Waals surface area contributed by atoms with E-state index in [1.807, 2.05) is 47.5 Å². The topological polar surface area (TPSA) is 109 Å². The minimum atomic E-state index is -0.356. The highest BCUT2D eigenvalue weighted by molar-refractivity contribution is 5.98. The molecule has 0 spiro atoms. The lowest BCUT2D eigenvalue weighted by atomic mass is 9.97. The molecule has 3 rings (SSSR count). The zero-order chi connectivity index (χ0) is 23.6. The van der Waals surface area contributed by atoms with Crippen molar-refractivity contribution in [3.63, 3.8) is 0 Å². The Labute approximate surface area is 194 Å². The Balaban J connectivity index is 1.85. The third kappa shape index (κ3) is 6.64. The number of carbonyl (C=O) groups is 1. The van der Waals surface area contributed by atoms with Gasteiger partial charge >= 0.3 is 5.97 Å². The molecule has 0 radical (unpaired) electrons. The highest BCUT2D eigenvalue weighted by Crippen LogP contribution is 2.33. The number of esters is 1. The number of aliphatic hydroxyl groups excluding tert-OH is 1. The summed E-state index contributed by atoms with van der Waals surface area (Å²) >= 11 is 0. The van der Waals surface area contributed by atoms with Crippen molar-refractivity contribution in [2.45, 2.75) is 33.1 Å². The van der Waals surface area contributed by atoms with E-state index < -0.39 is 0 Å². The molecule has 33 heavy (non-hydrogen) atoms. The standard InChI is InChI=1S/C25H32N4O4/c1-3-12-29(13-7-14-30)28-33-20-15-19-11-10-18(16-23(19)27-24(26)17-20)21-8-5-6-9-22(21)25(31)32-4-2/h5-6,8-11,15-16,28,30H,3-4,7,12-14,17H2,1-2H3,(H2,26,27). The summed E-state index contributed by atoms with van der Waals surface area (Å²) < 4.78 is 5.20. The van der Waals surface area contributed by atoms with Crippen LogP contribution in [0.5, 0.6) is 0 Å². The van der Waals surface area contributed by atoms with Gasteiger partial charge in [-0.1, -0.05) is 42.8 Å². The van der Waals surface area contributed by atoms with Crippen LogP contribution >= 0.6 is 0 Å². The average Bonchev–Trinajstić information content (AvgIpc) is 2.97. The molecule has 4 N–H and O–H groups in total. The van der Waals surface area contributed by atoms with Crippen molar-refractivity contribution in [3.8, 4) is 11.1 Å². The number of nitrogens with one attached hydrogen (secondary N) is 1. The first-order valence-corrected chi connectivity index (χ1v) is 11.3. The van der Waals surface area contributed by atoms with Crippen molar-refractivity contribution in [2.75, 3.05) is 26.3 Å². The molecular formula is C25H32N4O4. The number of aliphatic imine (C=N–C) groups is 1. The second-order valence-electron chi connectivity index (χ2n) is 7.69. The largest absolute Gasteiger partial charge is 0.462 e. The monoisotopic (exact) mass is 452 g/mol. The van der Waals surface area contributed by atoms with Crippen molar-refractivity contribution in [3.05, 3.63) is 59.4 Å². The number of ether oxygens (including phenoxy) is 1. The fourth-order valence-corrected chi connectivity index (χ4v) is 3.57. The molecule has 0 atom stereocenters. The van der Waals surface area contributed by atoms with Gasteiger partial charge in [-0.15, -0.1) is 0 Å². The minimum Gasteiger partial charge on any atom is -0.462 e. The fraction of sp³-hybridized carbons (Fsp3) is 0.360. The molecular weight excluding hydrogens is 420 g/mol. The van der Waals surface area contributed by atoms with Gasteiger partial charge in [-0.2, -0.15) is 0 Å². The highest BCUT2D eigenvalue weighted by Gasteiger charge is 2.17. The summed E-state index contributed by atoms with van der Waals surface area (Å²) in [7, 11) is 0. The lowest BCUT2D eigenvalue weighted by Gasteiger charge is -2.22. The van der Waals surface area contributed by atoms with Crippen LogP contribution in [-0.2, 0) is 9.57 Å². The van der Waals surface area contributed by atoms with Gasteiger partial charge in [-0.05, 0) is 49.1 Å². The van der Waals surface area contributed by atoms with E-state index in [4.69, 9.17) is 20.4 Å². The molecule has 1 heterocycles. The van der Waals surface area contributed by atoms with Crippen molar-refractivity contribution in [1.29, 1.82) is 0 Å². The summed E-state index contributed by atoms with van der Waals surface area (Å²) in [6.45, 7) is 5.76. The number of amidine groups is 1. The average molecular weight is 453 g/mol. The lowest BCUT2D eigenvalue weighted by Crippen LogP contribution is -2.39. The van der Waals surface area contributed by atoms with Crippen LogP contribution < -0.4 is 11.3 Å². The van der Waals surface area contributed by atoms with Crippen LogP contribution in [0.1, 0.15) is 49.0 Å². The first-order valence-electron chi connectivity index (χ1n) is 11.3. The third-order valence-corrected chi connectivity index (χ3v) is 5.09. The van der Waals surface area contributed by atoms with Crippen LogP contribution in [0.3, 0.4) is 0 Å². The van der Waals surface area contributed by atoms with Gasteiger partial charge in [-0.3, -0.25) is 0 Å². The molecule has 1 aliphatic rings. The molecule has 2 aromatic carbocycles. The summed E-state index contributed by atoms with van der Waals surface area (Å²) in [4.78, 5) is 22.8. The van der Waals surface area contributed by atoms with E-state index in [0.717, 1.165) is 29.7 Å². The summed E-state index contributed by atoms with van der Waals surface area (Å²) in [5.41, 5.74) is 12.8. The van der Waals surface area contributed by atoms with E-state index in [-0.39, 0.29) is 12.6 Å². The number of hydrogen-bond acceptors (Lipinski definition) is 8. The van der Waals surface area contributed by atoms with Crippen molar-refractivity contribution >= 4 is 23.6 Å². The minimum absolute atomic E-state index is 0.124. The van der Waals surface area contributed by atoms with Crippen LogP contribution in [0, 0.1) is 0 Å². The van der Waals surface area contributed by atoms with E-state index in [0.29, 0.717) is 48.8 Å².